The van der Waals surface area contributed by atoms with Gasteiger partial charge >= 0.3 is 6.03 Å². The highest BCUT2D eigenvalue weighted by Gasteiger charge is 2.73. The van der Waals surface area contributed by atoms with E-state index in [0.717, 1.165) is 29.8 Å². The van der Waals surface area contributed by atoms with E-state index in [1.807, 2.05) is 42.5 Å². The van der Waals surface area contributed by atoms with Crippen LogP contribution in [0.5, 0.6) is 11.5 Å². The van der Waals surface area contributed by atoms with E-state index in [0.29, 0.717) is 38.0 Å². The molecule has 2 aliphatic carbocycles. The maximum atomic E-state index is 13.2. The number of likely N-dealkylation sites (tertiary alicyclic amines) is 1. The molecular formula is C28H33N3O4. The number of amides is 2. The van der Waals surface area contributed by atoms with Crippen molar-refractivity contribution in [1.82, 2.24) is 15.1 Å². The van der Waals surface area contributed by atoms with Crippen molar-refractivity contribution in [2.75, 3.05) is 20.1 Å². The van der Waals surface area contributed by atoms with Gasteiger partial charge < -0.3 is 25.2 Å². The summed E-state index contributed by atoms with van der Waals surface area (Å²) in [6, 6.07) is 13.1. The van der Waals surface area contributed by atoms with Crippen molar-refractivity contribution in [3.8, 4) is 11.5 Å². The summed E-state index contributed by atoms with van der Waals surface area (Å²) in [5.74, 6) is 0.591. The molecule has 7 heteroatoms. The van der Waals surface area contributed by atoms with Crippen molar-refractivity contribution in [2.45, 2.75) is 61.4 Å². The number of phenols is 1. The van der Waals surface area contributed by atoms with E-state index >= 15 is 0 Å². The van der Waals surface area contributed by atoms with E-state index in [4.69, 9.17) is 4.74 Å². The summed E-state index contributed by atoms with van der Waals surface area (Å²) in [5, 5.41) is 26.3. The van der Waals surface area contributed by atoms with Gasteiger partial charge in [0.2, 0.25) is 0 Å². The molecule has 7 nitrogen and oxygen atoms in total. The van der Waals surface area contributed by atoms with Crippen molar-refractivity contribution >= 4 is 6.03 Å². The van der Waals surface area contributed by atoms with E-state index < -0.39 is 17.1 Å². The number of hydrogen-bond acceptors (Lipinski definition) is 5. The molecule has 184 valence electrons. The van der Waals surface area contributed by atoms with Crippen LogP contribution in [0.4, 0.5) is 4.79 Å². The zero-order valence-electron chi connectivity index (χ0n) is 20.1. The maximum absolute atomic E-state index is 13.2. The van der Waals surface area contributed by atoms with Crippen LogP contribution in [-0.4, -0.2) is 70.0 Å². The Hall–Kier alpha value is -3.03. The molecule has 4 aliphatic rings. The molecule has 2 aliphatic heterocycles. The van der Waals surface area contributed by atoms with Crippen molar-refractivity contribution < 1.29 is 19.7 Å². The first-order chi connectivity index (χ1) is 16.9. The fourth-order valence-corrected chi connectivity index (χ4v) is 7.36. The predicted molar refractivity (Wildman–Crippen MR) is 132 cm³/mol. The third-order valence-electron chi connectivity index (χ3n) is 8.85. The summed E-state index contributed by atoms with van der Waals surface area (Å²) < 4.78 is 6.50. The molecule has 6 rings (SSSR count). The number of hydrogen-bond donors (Lipinski definition) is 3. The van der Waals surface area contributed by atoms with Crippen LogP contribution in [0.25, 0.3) is 0 Å². The van der Waals surface area contributed by atoms with Crippen LogP contribution >= 0.6 is 0 Å². The van der Waals surface area contributed by atoms with Crippen molar-refractivity contribution in [3.63, 3.8) is 0 Å². The number of piperidine rings is 1. The summed E-state index contributed by atoms with van der Waals surface area (Å²) >= 11 is 0. The van der Waals surface area contributed by atoms with Gasteiger partial charge in [-0.05, 0) is 49.4 Å². The van der Waals surface area contributed by atoms with Gasteiger partial charge in [0.05, 0.1) is 17.1 Å². The number of carbonyl (C=O) groups excluding carboxylic acids is 1. The van der Waals surface area contributed by atoms with E-state index in [-0.39, 0.29) is 23.9 Å². The number of carbonyl (C=O) groups is 1. The Kier molecular flexibility index (Phi) is 5.13. The Morgan fingerprint density at radius 1 is 1.29 bits per heavy atom. The molecule has 2 bridgehead atoms. The van der Waals surface area contributed by atoms with Crippen LogP contribution < -0.4 is 10.1 Å². The number of aliphatic hydroxyl groups is 1. The van der Waals surface area contributed by atoms with E-state index in [1.165, 1.54) is 0 Å². The summed E-state index contributed by atoms with van der Waals surface area (Å²) in [7, 11) is 1.79. The highest BCUT2D eigenvalue weighted by atomic mass is 16.5. The molecule has 1 saturated carbocycles. The van der Waals surface area contributed by atoms with Gasteiger partial charge in [-0.1, -0.05) is 42.5 Å². The minimum atomic E-state index is -0.998. The van der Waals surface area contributed by atoms with Crippen LogP contribution in [0.15, 0.2) is 55.1 Å². The highest BCUT2D eigenvalue weighted by Crippen LogP contribution is 2.65. The second-order valence-corrected chi connectivity index (χ2v) is 10.6. The molecule has 5 atom stereocenters. The predicted octanol–water partition coefficient (Wildman–Crippen LogP) is 2.94. The van der Waals surface area contributed by atoms with Gasteiger partial charge in [0, 0.05) is 31.7 Å². The Labute approximate surface area is 206 Å². The summed E-state index contributed by atoms with van der Waals surface area (Å²) in [6.07, 6.45) is 4.04. The molecule has 35 heavy (non-hydrogen) atoms. The summed E-state index contributed by atoms with van der Waals surface area (Å²) in [4.78, 5) is 17.2. The zero-order valence-corrected chi connectivity index (χ0v) is 20.1. The van der Waals surface area contributed by atoms with Gasteiger partial charge in [-0.15, -0.1) is 6.58 Å². The second kappa shape index (κ2) is 8.00. The van der Waals surface area contributed by atoms with Crippen LogP contribution in [0, 0.1) is 0 Å². The second-order valence-electron chi connectivity index (χ2n) is 10.6. The first-order valence-corrected chi connectivity index (χ1v) is 12.5. The summed E-state index contributed by atoms with van der Waals surface area (Å²) in [6.45, 7) is 5.96. The molecule has 3 N–H and O–H groups in total. The lowest BCUT2D eigenvalue weighted by Gasteiger charge is -2.64. The fraction of sp³-hybridized carbons (Fsp3) is 0.464. The molecular weight excluding hydrogens is 442 g/mol. The Bertz CT molecular complexity index is 1170. The lowest BCUT2D eigenvalue weighted by atomic mass is 9.48. The Balaban J connectivity index is 1.34. The van der Waals surface area contributed by atoms with Gasteiger partial charge in [0.15, 0.2) is 11.5 Å². The van der Waals surface area contributed by atoms with Crippen molar-refractivity contribution in [2.24, 2.45) is 0 Å². The highest BCUT2D eigenvalue weighted by molar-refractivity contribution is 5.75. The van der Waals surface area contributed by atoms with Gasteiger partial charge in [-0.25, -0.2) is 4.79 Å². The Morgan fingerprint density at radius 3 is 2.86 bits per heavy atom. The number of ether oxygens (including phenoxy) is 1. The molecule has 0 aromatic heterocycles. The van der Waals surface area contributed by atoms with Crippen LogP contribution in [0.2, 0.25) is 0 Å². The fourth-order valence-electron chi connectivity index (χ4n) is 7.36. The number of benzene rings is 2. The quantitative estimate of drug-likeness (QED) is 0.579. The van der Waals surface area contributed by atoms with E-state index in [2.05, 4.69) is 16.8 Å². The number of nitrogens with one attached hydrogen (secondary N) is 1. The monoisotopic (exact) mass is 475 g/mol. The van der Waals surface area contributed by atoms with Crippen LogP contribution in [0.1, 0.15) is 36.0 Å². The summed E-state index contributed by atoms with van der Waals surface area (Å²) in [5.41, 5.74) is 1.48. The molecule has 2 heterocycles. The van der Waals surface area contributed by atoms with Crippen molar-refractivity contribution in [3.05, 3.63) is 71.8 Å². The Morgan fingerprint density at radius 2 is 2.09 bits per heavy atom. The minimum absolute atomic E-state index is 0.0549. The number of urea groups is 1. The maximum Gasteiger partial charge on any atom is 0.317 e. The molecule has 2 aromatic rings. The number of aromatic hydroxyl groups is 1. The van der Waals surface area contributed by atoms with Gasteiger partial charge in [-0.3, -0.25) is 4.90 Å². The zero-order chi connectivity index (χ0) is 24.4. The lowest BCUT2D eigenvalue weighted by Crippen LogP contribution is -2.78. The molecule has 2 unspecified atom stereocenters. The molecule has 2 fully saturated rings. The third-order valence-corrected chi connectivity index (χ3v) is 8.85. The normalized spacial score (nSPS) is 32.3. The first-order valence-electron chi connectivity index (χ1n) is 12.5. The average molecular weight is 476 g/mol. The largest absolute Gasteiger partial charge is 0.504 e. The van der Waals surface area contributed by atoms with E-state index in [1.54, 1.807) is 18.0 Å². The third kappa shape index (κ3) is 3.07. The number of rotatable bonds is 5. The molecule has 1 spiro atoms. The van der Waals surface area contributed by atoms with Crippen molar-refractivity contribution in [1.29, 1.82) is 0 Å². The standard InChI is InChI=1S/C28H33N3O4/c1-3-14-31-15-13-27-23-19-9-10-21(32)24(23)35-25(27)20(11-12-28(27,34)22(31)16-19)29-26(33)30(2)17-18-7-5-4-6-8-18/h3-10,20,22,25,32,34H,1,11-17H2,2H3,(H,29,33)/t20?,22-,25?,27+,28-/m1/s1. The average Bonchev–Trinajstić information content (AvgIpc) is 3.20. The van der Waals surface area contributed by atoms with Gasteiger partial charge in [0.25, 0.3) is 0 Å². The first kappa shape index (κ1) is 22.4. The van der Waals surface area contributed by atoms with Gasteiger partial charge in [0.1, 0.15) is 6.10 Å². The van der Waals surface area contributed by atoms with E-state index in [9.17, 15) is 15.0 Å². The lowest BCUT2D eigenvalue weighted by molar-refractivity contribution is -0.188. The SMILES string of the molecule is C=CCN1CC[C@]23c4c5ccc(O)c4OC2C(NC(=O)N(C)Cc2ccccc2)CC[C@@]3(O)[C@H]1C5. The number of phenolic OH excluding ortho intramolecular Hbond substituents is 1. The smallest absolute Gasteiger partial charge is 0.317 e. The number of nitrogens with zero attached hydrogens (tertiary/aromatic N) is 2. The van der Waals surface area contributed by atoms with Crippen LogP contribution in [0.3, 0.4) is 0 Å². The topological polar surface area (TPSA) is 85.3 Å². The van der Waals surface area contributed by atoms with Gasteiger partial charge in [-0.2, -0.15) is 0 Å². The molecule has 1 saturated heterocycles. The van der Waals surface area contributed by atoms with Crippen LogP contribution in [-0.2, 0) is 18.4 Å². The minimum Gasteiger partial charge on any atom is -0.504 e. The molecule has 2 amide bonds. The molecule has 0 radical (unpaired) electrons. The molecule has 2 aromatic carbocycles.